The minimum Gasteiger partial charge on any atom is -0.339 e. The van der Waals surface area contributed by atoms with Gasteiger partial charge < -0.3 is 4.52 Å². The van der Waals surface area contributed by atoms with Crippen LogP contribution >= 0.6 is 0 Å². The number of hydrogen-bond acceptors (Lipinski definition) is 4. The Kier molecular flexibility index (Phi) is 3.30. The maximum absolute atomic E-state index is 11.0. The first-order valence-electron chi connectivity index (χ1n) is 5.03. The standard InChI is InChI=1S/C10H14N2O2S/c1-15(13)7-9-11-10(14-12-9)8-5-3-2-4-6-8/h2-3,8H,4-7H2,1H3/t8-,15?/m1/s1. The molecule has 1 aliphatic carbocycles. The van der Waals surface area contributed by atoms with Gasteiger partial charge in [-0.3, -0.25) is 4.21 Å². The highest BCUT2D eigenvalue weighted by Crippen LogP contribution is 2.27. The molecule has 0 aliphatic heterocycles. The van der Waals surface area contributed by atoms with E-state index in [2.05, 4.69) is 22.3 Å². The van der Waals surface area contributed by atoms with Gasteiger partial charge in [-0.2, -0.15) is 4.98 Å². The zero-order valence-corrected chi connectivity index (χ0v) is 9.50. The first kappa shape index (κ1) is 10.5. The van der Waals surface area contributed by atoms with E-state index < -0.39 is 10.8 Å². The van der Waals surface area contributed by atoms with Gasteiger partial charge in [-0.05, 0) is 19.3 Å². The Morgan fingerprint density at radius 3 is 3.13 bits per heavy atom. The van der Waals surface area contributed by atoms with Crippen LogP contribution in [0.3, 0.4) is 0 Å². The van der Waals surface area contributed by atoms with Gasteiger partial charge in [-0.15, -0.1) is 0 Å². The number of hydrogen-bond donors (Lipinski definition) is 0. The molecule has 0 fully saturated rings. The lowest BCUT2D eigenvalue weighted by molar-refractivity contribution is 0.342. The van der Waals surface area contributed by atoms with Crippen LogP contribution in [-0.2, 0) is 16.6 Å². The lowest BCUT2D eigenvalue weighted by atomic mass is 9.94. The van der Waals surface area contributed by atoms with E-state index in [0.717, 1.165) is 19.3 Å². The van der Waals surface area contributed by atoms with Crippen molar-refractivity contribution in [3.8, 4) is 0 Å². The molecule has 1 aromatic rings. The predicted octanol–water partition coefficient (Wildman–Crippen LogP) is 1.77. The van der Waals surface area contributed by atoms with Crippen molar-refractivity contribution in [2.24, 2.45) is 0 Å². The molecule has 2 rings (SSSR count). The SMILES string of the molecule is CS(=O)Cc1noc([C@@H]2CC=CCC2)n1. The minimum absolute atomic E-state index is 0.349. The van der Waals surface area contributed by atoms with Crippen molar-refractivity contribution in [2.75, 3.05) is 6.26 Å². The molecule has 0 radical (unpaired) electrons. The maximum Gasteiger partial charge on any atom is 0.230 e. The normalized spacial score (nSPS) is 22.9. The molecule has 0 spiro atoms. The molecule has 15 heavy (non-hydrogen) atoms. The summed E-state index contributed by atoms with van der Waals surface area (Å²) in [7, 11) is -0.907. The fraction of sp³-hybridized carbons (Fsp3) is 0.600. The average molecular weight is 226 g/mol. The molecule has 1 unspecified atom stereocenters. The first-order valence-corrected chi connectivity index (χ1v) is 6.76. The third-order valence-electron chi connectivity index (χ3n) is 2.43. The highest BCUT2D eigenvalue weighted by molar-refractivity contribution is 7.83. The van der Waals surface area contributed by atoms with Crippen molar-refractivity contribution in [3.63, 3.8) is 0 Å². The Labute approximate surface area is 91.2 Å². The summed E-state index contributed by atoms with van der Waals surface area (Å²) < 4.78 is 16.2. The van der Waals surface area contributed by atoms with Crippen LogP contribution in [0.5, 0.6) is 0 Å². The molecule has 0 bridgehead atoms. The fourth-order valence-corrected chi connectivity index (χ4v) is 2.17. The van der Waals surface area contributed by atoms with Gasteiger partial charge in [0.2, 0.25) is 5.89 Å². The van der Waals surface area contributed by atoms with Crippen LogP contribution in [0.2, 0.25) is 0 Å². The third-order valence-corrected chi connectivity index (χ3v) is 3.10. The Hall–Kier alpha value is -0.970. The molecule has 0 saturated carbocycles. The number of nitrogens with zero attached hydrogens (tertiary/aromatic N) is 2. The van der Waals surface area contributed by atoms with E-state index in [1.54, 1.807) is 6.26 Å². The summed E-state index contributed by atoms with van der Waals surface area (Å²) in [5.41, 5.74) is 0. The van der Waals surface area contributed by atoms with Crippen LogP contribution in [0.4, 0.5) is 0 Å². The molecule has 2 atom stereocenters. The van der Waals surface area contributed by atoms with Crippen LogP contribution in [0, 0.1) is 0 Å². The molecule has 82 valence electrons. The second kappa shape index (κ2) is 4.70. The third kappa shape index (κ3) is 2.75. The number of aromatic nitrogens is 2. The van der Waals surface area contributed by atoms with E-state index in [1.807, 2.05) is 0 Å². The largest absolute Gasteiger partial charge is 0.339 e. The lowest BCUT2D eigenvalue weighted by Gasteiger charge is -2.12. The molecule has 0 amide bonds. The van der Waals surface area contributed by atoms with Crippen molar-refractivity contribution in [2.45, 2.75) is 30.9 Å². The molecule has 1 aromatic heterocycles. The second-order valence-electron chi connectivity index (χ2n) is 3.75. The van der Waals surface area contributed by atoms with Gasteiger partial charge >= 0.3 is 0 Å². The van der Waals surface area contributed by atoms with Gasteiger partial charge in [0.15, 0.2) is 5.82 Å². The first-order chi connectivity index (χ1) is 7.25. The summed E-state index contributed by atoms with van der Waals surface area (Å²) in [6, 6.07) is 0. The highest BCUT2D eigenvalue weighted by Gasteiger charge is 2.19. The summed E-state index contributed by atoms with van der Waals surface area (Å²) in [5, 5.41) is 3.83. The quantitative estimate of drug-likeness (QED) is 0.737. The molecule has 1 aliphatic rings. The van der Waals surface area contributed by atoms with E-state index in [9.17, 15) is 4.21 Å². The zero-order chi connectivity index (χ0) is 10.7. The Bertz CT molecular complexity index is 387. The zero-order valence-electron chi connectivity index (χ0n) is 8.68. The number of rotatable bonds is 3. The van der Waals surface area contributed by atoms with Crippen molar-refractivity contribution in [1.29, 1.82) is 0 Å². The van der Waals surface area contributed by atoms with Gasteiger partial charge in [-0.25, -0.2) is 0 Å². The highest BCUT2D eigenvalue weighted by atomic mass is 32.2. The molecular weight excluding hydrogens is 212 g/mol. The van der Waals surface area contributed by atoms with Crippen LogP contribution < -0.4 is 0 Å². The summed E-state index contributed by atoms with van der Waals surface area (Å²) >= 11 is 0. The molecular formula is C10H14N2O2S. The summed E-state index contributed by atoms with van der Waals surface area (Å²) in [6.45, 7) is 0. The Morgan fingerprint density at radius 1 is 1.60 bits per heavy atom. The summed E-state index contributed by atoms with van der Waals surface area (Å²) in [4.78, 5) is 4.27. The van der Waals surface area contributed by atoms with Crippen molar-refractivity contribution in [1.82, 2.24) is 10.1 Å². The van der Waals surface area contributed by atoms with Gasteiger partial charge in [0.25, 0.3) is 0 Å². The van der Waals surface area contributed by atoms with Crippen LogP contribution in [0.25, 0.3) is 0 Å². The van der Waals surface area contributed by atoms with Gasteiger partial charge in [0.05, 0.1) is 5.75 Å². The molecule has 4 nitrogen and oxygen atoms in total. The van der Waals surface area contributed by atoms with E-state index in [-0.39, 0.29) is 0 Å². The summed E-state index contributed by atoms with van der Waals surface area (Å²) in [5.74, 6) is 1.98. The summed E-state index contributed by atoms with van der Waals surface area (Å²) in [6.07, 6.45) is 9.07. The molecule has 0 saturated heterocycles. The molecule has 5 heteroatoms. The maximum atomic E-state index is 11.0. The topological polar surface area (TPSA) is 56.0 Å². The van der Waals surface area contributed by atoms with E-state index >= 15 is 0 Å². The monoisotopic (exact) mass is 226 g/mol. The Morgan fingerprint density at radius 2 is 2.47 bits per heavy atom. The second-order valence-corrected chi connectivity index (χ2v) is 5.18. The van der Waals surface area contributed by atoms with Crippen molar-refractivity contribution < 1.29 is 8.73 Å². The molecule has 0 aromatic carbocycles. The van der Waals surface area contributed by atoms with E-state index in [4.69, 9.17) is 4.52 Å². The van der Waals surface area contributed by atoms with Gasteiger partial charge in [0, 0.05) is 23.0 Å². The molecule has 0 N–H and O–H groups in total. The average Bonchev–Trinajstić information content (AvgIpc) is 2.67. The fourth-order valence-electron chi connectivity index (χ4n) is 1.69. The minimum atomic E-state index is -0.907. The smallest absolute Gasteiger partial charge is 0.230 e. The van der Waals surface area contributed by atoms with E-state index in [0.29, 0.717) is 23.4 Å². The van der Waals surface area contributed by atoms with E-state index in [1.165, 1.54) is 0 Å². The van der Waals surface area contributed by atoms with Gasteiger partial charge in [0.1, 0.15) is 0 Å². The Balaban J connectivity index is 2.05. The molecule has 1 heterocycles. The number of allylic oxidation sites excluding steroid dienone is 2. The van der Waals surface area contributed by atoms with Crippen LogP contribution in [-0.4, -0.2) is 20.6 Å². The van der Waals surface area contributed by atoms with Crippen LogP contribution in [0.1, 0.15) is 36.9 Å². The van der Waals surface area contributed by atoms with Crippen LogP contribution in [0.15, 0.2) is 16.7 Å². The predicted molar refractivity (Wildman–Crippen MR) is 57.8 cm³/mol. The van der Waals surface area contributed by atoms with Crippen molar-refractivity contribution >= 4 is 10.8 Å². The lowest BCUT2D eigenvalue weighted by Crippen LogP contribution is -2.02. The van der Waals surface area contributed by atoms with Crippen molar-refractivity contribution in [3.05, 3.63) is 23.9 Å². The van der Waals surface area contributed by atoms with Gasteiger partial charge in [-0.1, -0.05) is 17.3 Å².